The first-order chi connectivity index (χ1) is 19.5. The fourth-order valence-electron chi connectivity index (χ4n) is 5.19. The summed E-state index contributed by atoms with van der Waals surface area (Å²) in [5.74, 6) is 2.12. The van der Waals surface area contributed by atoms with Gasteiger partial charge in [-0.2, -0.15) is 0 Å². The van der Waals surface area contributed by atoms with Gasteiger partial charge >= 0.3 is 0 Å². The first kappa shape index (κ1) is 32.0. The second-order valence-corrected chi connectivity index (χ2v) is 11.8. The number of phenolic OH excluding ortho intramolecular Hbond substituents is 1. The lowest BCUT2D eigenvalue weighted by molar-refractivity contribution is -0.117. The molecule has 1 aliphatic heterocycles. The zero-order valence-electron chi connectivity index (χ0n) is 26.2. The molecule has 1 unspecified atom stereocenters. The van der Waals surface area contributed by atoms with Gasteiger partial charge in [-0.1, -0.05) is 41.5 Å². The zero-order chi connectivity index (χ0) is 30.0. The van der Waals surface area contributed by atoms with Gasteiger partial charge in [0, 0.05) is 12.1 Å². The highest BCUT2D eigenvalue weighted by molar-refractivity contribution is 5.92. The molecular formula is C36H49NO4. The highest BCUT2D eigenvalue weighted by Crippen LogP contribution is 2.41. The smallest absolute Gasteiger partial charge is 0.246 e. The number of methoxy groups -OCH3 is 1. The predicted molar refractivity (Wildman–Crippen MR) is 169 cm³/mol. The zero-order valence-corrected chi connectivity index (χ0v) is 26.2. The van der Waals surface area contributed by atoms with Gasteiger partial charge in [-0.15, -0.1) is 0 Å². The first-order valence-corrected chi connectivity index (χ1v) is 14.9. The minimum Gasteiger partial charge on any atom is -0.508 e. The van der Waals surface area contributed by atoms with Crippen molar-refractivity contribution in [2.75, 3.05) is 7.11 Å². The van der Waals surface area contributed by atoms with Crippen LogP contribution in [-0.4, -0.2) is 23.7 Å². The van der Waals surface area contributed by atoms with Crippen molar-refractivity contribution in [3.05, 3.63) is 87.5 Å². The fraction of sp³-hybridized carbons (Fsp3) is 0.472. The molecule has 0 bridgehead atoms. The molecule has 0 radical (unpaired) electrons. The number of carbonyl (C=O) groups is 1. The number of phenols is 1. The van der Waals surface area contributed by atoms with E-state index in [-0.39, 0.29) is 11.5 Å². The standard InChI is InChI=1S/C36H49NO4/c1-25(13-9-15-27(3)35(39)37-24-30-16-18-32(40-7)19-17-30)11-8-12-26(2)14-10-21-36(6)22-20-31-23-33(38)28(4)29(5)34(31)41-36/h11,14-19,23,38H,8-10,12-13,20-22,24H2,1-7H3,(H,37,39)/b25-11+,26-14+,27-15+. The van der Waals surface area contributed by atoms with Gasteiger partial charge in [-0.05, 0) is 133 Å². The second kappa shape index (κ2) is 15.0. The molecule has 1 heterocycles. The maximum absolute atomic E-state index is 12.4. The van der Waals surface area contributed by atoms with Crippen molar-refractivity contribution in [1.82, 2.24) is 5.32 Å². The maximum atomic E-state index is 12.4. The van der Waals surface area contributed by atoms with Gasteiger partial charge in [0.2, 0.25) is 5.91 Å². The summed E-state index contributed by atoms with van der Waals surface area (Å²) in [7, 11) is 1.64. The van der Waals surface area contributed by atoms with Crippen LogP contribution in [0.2, 0.25) is 0 Å². The Hall–Kier alpha value is -3.47. The largest absolute Gasteiger partial charge is 0.508 e. The Kier molecular flexibility index (Phi) is 11.7. The average Bonchev–Trinajstić information content (AvgIpc) is 2.95. The van der Waals surface area contributed by atoms with Crippen molar-refractivity contribution in [2.45, 2.75) is 105 Å². The third kappa shape index (κ3) is 9.55. The molecule has 5 nitrogen and oxygen atoms in total. The molecule has 2 aromatic rings. The van der Waals surface area contributed by atoms with Crippen LogP contribution in [0.1, 0.15) is 94.9 Å². The Balaban J connectivity index is 1.36. The maximum Gasteiger partial charge on any atom is 0.246 e. The molecular weight excluding hydrogens is 510 g/mol. The number of aromatic hydroxyl groups is 1. The average molecular weight is 560 g/mol. The van der Waals surface area contributed by atoms with E-state index in [0.717, 1.165) is 90.7 Å². The lowest BCUT2D eigenvalue weighted by Gasteiger charge is -2.37. The molecule has 5 heteroatoms. The van der Waals surface area contributed by atoms with Crippen LogP contribution < -0.4 is 14.8 Å². The number of aryl methyl sites for hydroxylation is 1. The highest BCUT2D eigenvalue weighted by atomic mass is 16.5. The fourth-order valence-corrected chi connectivity index (χ4v) is 5.19. The first-order valence-electron chi connectivity index (χ1n) is 14.9. The van der Waals surface area contributed by atoms with Gasteiger partial charge in [0.1, 0.15) is 22.8 Å². The Morgan fingerprint density at radius 3 is 2.29 bits per heavy atom. The van der Waals surface area contributed by atoms with Gasteiger partial charge in [0.15, 0.2) is 0 Å². The van der Waals surface area contributed by atoms with Crippen LogP contribution in [0.4, 0.5) is 0 Å². The molecule has 41 heavy (non-hydrogen) atoms. The van der Waals surface area contributed by atoms with Gasteiger partial charge < -0.3 is 19.9 Å². The van der Waals surface area contributed by atoms with E-state index >= 15 is 0 Å². The third-order valence-electron chi connectivity index (χ3n) is 8.32. The molecule has 1 amide bonds. The Bertz CT molecular complexity index is 1290. The molecule has 0 aliphatic carbocycles. The van der Waals surface area contributed by atoms with Gasteiger partial charge in [-0.25, -0.2) is 0 Å². The minimum absolute atomic E-state index is 0.0237. The third-order valence-corrected chi connectivity index (χ3v) is 8.32. The van der Waals surface area contributed by atoms with E-state index in [4.69, 9.17) is 9.47 Å². The topological polar surface area (TPSA) is 67.8 Å². The normalized spacial score (nSPS) is 17.6. The lowest BCUT2D eigenvalue weighted by atomic mass is 9.87. The summed E-state index contributed by atoms with van der Waals surface area (Å²) in [6, 6.07) is 9.60. The number of ether oxygens (including phenoxy) is 2. The van der Waals surface area contributed by atoms with E-state index in [1.165, 1.54) is 11.1 Å². The molecule has 2 N–H and O–H groups in total. The molecule has 0 spiro atoms. The number of allylic oxidation sites excluding steroid dienone is 5. The van der Waals surface area contributed by atoms with Crippen LogP contribution in [0.5, 0.6) is 17.2 Å². The summed E-state index contributed by atoms with van der Waals surface area (Å²) >= 11 is 0. The van der Waals surface area contributed by atoms with Crippen LogP contribution >= 0.6 is 0 Å². The summed E-state index contributed by atoms with van der Waals surface area (Å²) in [5, 5.41) is 13.1. The lowest BCUT2D eigenvalue weighted by Crippen LogP contribution is -2.36. The summed E-state index contributed by atoms with van der Waals surface area (Å²) < 4.78 is 11.7. The van der Waals surface area contributed by atoms with Crippen LogP contribution in [0.15, 0.2) is 65.3 Å². The van der Waals surface area contributed by atoms with Gasteiger partial charge in [0.05, 0.1) is 7.11 Å². The predicted octanol–water partition coefficient (Wildman–Crippen LogP) is 8.60. The minimum atomic E-state index is -0.174. The Labute approximate surface area is 247 Å². The number of nitrogens with one attached hydrogen (secondary N) is 1. The Morgan fingerprint density at radius 2 is 1.63 bits per heavy atom. The SMILES string of the molecule is COc1ccc(CNC(=O)/C(C)=C/CC/C(C)=C/CC/C(C)=C/CCC2(C)CCc3cc(O)c(C)c(C)c3O2)cc1. The summed E-state index contributed by atoms with van der Waals surface area (Å²) in [6.07, 6.45) is 14.5. The van der Waals surface area contributed by atoms with E-state index in [0.29, 0.717) is 12.3 Å². The number of hydrogen-bond donors (Lipinski definition) is 2. The van der Waals surface area contributed by atoms with Crippen molar-refractivity contribution >= 4 is 5.91 Å². The van der Waals surface area contributed by atoms with Crippen LogP contribution in [-0.2, 0) is 17.8 Å². The molecule has 222 valence electrons. The number of hydrogen-bond acceptors (Lipinski definition) is 4. The van der Waals surface area contributed by atoms with Crippen molar-refractivity contribution in [3.8, 4) is 17.2 Å². The number of rotatable bonds is 13. The van der Waals surface area contributed by atoms with Crippen LogP contribution in [0, 0.1) is 13.8 Å². The molecule has 0 saturated heterocycles. The summed E-state index contributed by atoms with van der Waals surface area (Å²) in [6.45, 7) is 13.0. The molecule has 2 aromatic carbocycles. The number of benzene rings is 2. The Morgan fingerprint density at radius 1 is 1.00 bits per heavy atom. The van der Waals surface area contributed by atoms with Crippen molar-refractivity contribution in [3.63, 3.8) is 0 Å². The van der Waals surface area contributed by atoms with E-state index in [1.54, 1.807) is 7.11 Å². The number of carbonyl (C=O) groups excluding carboxylic acids is 1. The number of fused-ring (bicyclic) bond motifs is 1. The van der Waals surface area contributed by atoms with Crippen LogP contribution in [0.25, 0.3) is 0 Å². The number of amides is 1. The quantitative estimate of drug-likeness (QED) is 0.190. The monoisotopic (exact) mass is 559 g/mol. The molecule has 3 rings (SSSR count). The van der Waals surface area contributed by atoms with E-state index in [2.05, 4.69) is 38.2 Å². The van der Waals surface area contributed by atoms with Crippen molar-refractivity contribution in [2.24, 2.45) is 0 Å². The van der Waals surface area contributed by atoms with Crippen molar-refractivity contribution in [1.29, 1.82) is 0 Å². The van der Waals surface area contributed by atoms with Crippen molar-refractivity contribution < 1.29 is 19.4 Å². The van der Waals surface area contributed by atoms with E-state index in [1.807, 2.05) is 57.2 Å². The highest BCUT2D eigenvalue weighted by Gasteiger charge is 2.32. The second-order valence-electron chi connectivity index (χ2n) is 11.8. The van der Waals surface area contributed by atoms with Crippen LogP contribution in [0.3, 0.4) is 0 Å². The van der Waals surface area contributed by atoms with E-state index < -0.39 is 0 Å². The molecule has 0 saturated carbocycles. The summed E-state index contributed by atoms with van der Waals surface area (Å²) in [4.78, 5) is 12.4. The van der Waals surface area contributed by atoms with E-state index in [9.17, 15) is 9.90 Å². The molecule has 1 aliphatic rings. The summed E-state index contributed by atoms with van der Waals surface area (Å²) in [5.41, 5.74) is 7.48. The van der Waals surface area contributed by atoms with Gasteiger partial charge in [0.25, 0.3) is 0 Å². The molecule has 0 aromatic heterocycles. The molecule has 0 fully saturated rings. The molecule has 1 atom stereocenters. The van der Waals surface area contributed by atoms with Gasteiger partial charge in [-0.3, -0.25) is 4.79 Å².